The van der Waals surface area contributed by atoms with Crippen LogP contribution in [0.4, 0.5) is 17.3 Å². The number of aromatic nitrogens is 2. The Kier molecular flexibility index (Phi) is 5.26. The highest BCUT2D eigenvalue weighted by Crippen LogP contribution is 2.23. The first-order valence-electron chi connectivity index (χ1n) is 7.81. The molecule has 0 unspecified atom stereocenters. The molecule has 126 valence electrons. The van der Waals surface area contributed by atoms with Gasteiger partial charge in [0.05, 0.1) is 17.1 Å². The summed E-state index contributed by atoms with van der Waals surface area (Å²) in [6, 6.07) is 18.6. The van der Waals surface area contributed by atoms with Crippen LogP contribution in [-0.4, -0.2) is 16.1 Å². The summed E-state index contributed by atoms with van der Waals surface area (Å²) in [5, 5.41) is 14.5. The Hall–Kier alpha value is -2.92. The molecule has 2 N–H and O–H groups in total. The molecule has 3 rings (SSSR count). The van der Waals surface area contributed by atoms with Gasteiger partial charge in [0.1, 0.15) is 0 Å². The van der Waals surface area contributed by atoms with Gasteiger partial charge in [-0.2, -0.15) is 0 Å². The fraction of sp³-hybridized carbons (Fsp3) is 0.105. The van der Waals surface area contributed by atoms with E-state index in [4.69, 9.17) is 11.6 Å². The van der Waals surface area contributed by atoms with Crippen LogP contribution in [0.25, 0.3) is 0 Å². The van der Waals surface area contributed by atoms with Crippen LogP contribution in [-0.2, 0) is 11.2 Å². The number of hydrogen-bond acceptors (Lipinski definition) is 4. The van der Waals surface area contributed by atoms with E-state index < -0.39 is 0 Å². The Morgan fingerprint density at radius 2 is 1.76 bits per heavy atom. The van der Waals surface area contributed by atoms with Crippen molar-refractivity contribution < 1.29 is 4.79 Å². The smallest absolute Gasteiger partial charge is 0.229 e. The zero-order valence-corrected chi connectivity index (χ0v) is 14.4. The predicted octanol–water partition coefficient (Wildman–Crippen LogP) is 4.36. The molecule has 0 saturated heterocycles. The summed E-state index contributed by atoms with van der Waals surface area (Å²) >= 11 is 6.09. The molecule has 2 aromatic carbocycles. The van der Waals surface area contributed by atoms with Crippen molar-refractivity contribution in [1.29, 1.82) is 0 Å². The molecule has 0 aliphatic heterocycles. The van der Waals surface area contributed by atoms with Crippen molar-refractivity contribution in [3.8, 4) is 0 Å². The number of carbonyl (C=O) groups is 1. The minimum Gasteiger partial charge on any atom is -0.338 e. The van der Waals surface area contributed by atoms with Crippen molar-refractivity contribution in [2.45, 2.75) is 13.3 Å². The van der Waals surface area contributed by atoms with E-state index in [1.807, 2.05) is 49.4 Å². The molecule has 0 spiro atoms. The van der Waals surface area contributed by atoms with E-state index in [1.54, 1.807) is 18.2 Å². The molecule has 1 aromatic heterocycles. The lowest BCUT2D eigenvalue weighted by atomic mass is 10.1. The molecule has 6 heteroatoms. The number of rotatable bonds is 5. The van der Waals surface area contributed by atoms with E-state index >= 15 is 0 Å². The summed E-state index contributed by atoms with van der Waals surface area (Å²) in [5.41, 5.74) is 2.83. The maximum atomic E-state index is 12.1. The summed E-state index contributed by atoms with van der Waals surface area (Å²) < 4.78 is 0. The second-order valence-electron chi connectivity index (χ2n) is 5.62. The Bertz CT molecular complexity index is 881. The first kappa shape index (κ1) is 16.9. The molecular weight excluding hydrogens is 336 g/mol. The summed E-state index contributed by atoms with van der Waals surface area (Å²) in [6.45, 7) is 2.00. The summed E-state index contributed by atoms with van der Waals surface area (Å²) in [4.78, 5) is 12.1. The maximum absolute atomic E-state index is 12.1. The Morgan fingerprint density at radius 3 is 2.48 bits per heavy atom. The molecule has 0 aliphatic carbocycles. The van der Waals surface area contributed by atoms with Crippen molar-refractivity contribution in [1.82, 2.24) is 10.2 Å². The third-order valence-corrected chi connectivity index (χ3v) is 3.85. The van der Waals surface area contributed by atoms with Crippen LogP contribution in [0.1, 0.15) is 11.1 Å². The van der Waals surface area contributed by atoms with Gasteiger partial charge in [-0.25, -0.2) is 0 Å². The van der Waals surface area contributed by atoms with Crippen molar-refractivity contribution in [2.24, 2.45) is 0 Å². The van der Waals surface area contributed by atoms with Crippen LogP contribution in [0.5, 0.6) is 0 Å². The van der Waals surface area contributed by atoms with Crippen LogP contribution >= 0.6 is 11.6 Å². The fourth-order valence-corrected chi connectivity index (χ4v) is 2.54. The number of carbonyl (C=O) groups excluding carboxylic acids is 1. The minimum atomic E-state index is -0.133. The molecule has 0 bridgehead atoms. The topological polar surface area (TPSA) is 66.9 Å². The highest BCUT2D eigenvalue weighted by molar-refractivity contribution is 6.33. The molecule has 0 fully saturated rings. The van der Waals surface area contributed by atoms with Crippen molar-refractivity contribution in [2.75, 3.05) is 10.6 Å². The van der Waals surface area contributed by atoms with E-state index in [-0.39, 0.29) is 5.91 Å². The van der Waals surface area contributed by atoms with E-state index in [9.17, 15) is 4.79 Å². The lowest BCUT2D eigenvalue weighted by molar-refractivity contribution is -0.115. The van der Waals surface area contributed by atoms with Crippen molar-refractivity contribution in [3.63, 3.8) is 0 Å². The number of amides is 1. The Balaban J connectivity index is 1.60. The average molecular weight is 353 g/mol. The average Bonchev–Trinajstić information content (AvgIpc) is 2.58. The van der Waals surface area contributed by atoms with Crippen LogP contribution in [0, 0.1) is 6.92 Å². The van der Waals surface area contributed by atoms with Gasteiger partial charge in [-0.1, -0.05) is 53.6 Å². The normalized spacial score (nSPS) is 10.3. The van der Waals surface area contributed by atoms with E-state index in [0.717, 1.165) is 16.8 Å². The SMILES string of the molecule is Cc1cccc(CC(=O)Nc2ccc(Nc3ccccc3Cl)nn2)c1. The predicted molar refractivity (Wildman–Crippen MR) is 100 cm³/mol. The Morgan fingerprint density at radius 1 is 1.00 bits per heavy atom. The fourth-order valence-electron chi connectivity index (χ4n) is 2.36. The third-order valence-electron chi connectivity index (χ3n) is 3.52. The molecule has 0 aliphatic rings. The summed E-state index contributed by atoms with van der Waals surface area (Å²) in [6.07, 6.45) is 0.295. The molecule has 25 heavy (non-hydrogen) atoms. The van der Waals surface area contributed by atoms with Crippen molar-refractivity contribution in [3.05, 3.63) is 76.8 Å². The monoisotopic (exact) mass is 352 g/mol. The highest BCUT2D eigenvalue weighted by Gasteiger charge is 2.07. The largest absolute Gasteiger partial charge is 0.338 e. The molecule has 1 amide bonds. The van der Waals surface area contributed by atoms with Gasteiger partial charge >= 0.3 is 0 Å². The second-order valence-corrected chi connectivity index (χ2v) is 6.03. The third kappa shape index (κ3) is 4.78. The van der Waals surface area contributed by atoms with Gasteiger partial charge in [0.2, 0.25) is 5.91 Å². The first-order chi connectivity index (χ1) is 12.1. The molecular formula is C19H17ClN4O. The van der Waals surface area contributed by atoms with Gasteiger partial charge in [-0.15, -0.1) is 10.2 Å². The minimum absolute atomic E-state index is 0.133. The number of halogens is 1. The zero-order chi connectivity index (χ0) is 17.6. The summed E-state index contributed by atoms with van der Waals surface area (Å²) in [5.74, 6) is 0.818. The van der Waals surface area contributed by atoms with Gasteiger partial charge in [0.25, 0.3) is 0 Å². The molecule has 5 nitrogen and oxygen atoms in total. The van der Waals surface area contributed by atoms with Gasteiger partial charge in [-0.05, 0) is 36.8 Å². The van der Waals surface area contributed by atoms with Crippen LogP contribution < -0.4 is 10.6 Å². The van der Waals surface area contributed by atoms with E-state index in [0.29, 0.717) is 23.1 Å². The van der Waals surface area contributed by atoms with Crippen molar-refractivity contribution >= 4 is 34.8 Å². The van der Waals surface area contributed by atoms with E-state index in [1.165, 1.54) is 0 Å². The molecule has 0 atom stereocenters. The maximum Gasteiger partial charge on any atom is 0.229 e. The van der Waals surface area contributed by atoms with Gasteiger partial charge in [0, 0.05) is 0 Å². The number of hydrogen-bond donors (Lipinski definition) is 2. The quantitative estimate of drug-likeness (QED) is 0.715. The Labute approximate surface area is 151 Å². The second kappa shape index (κ2) is 7.77. The molecule has 3 aromatic rings. The van der Waals surface area contributed by atoms with Gasteiger partial charge in [0.15, 0.2) is 11.6 Å². The van der Waals surface area contributed by atoms with Crippen LogP contribution in [0.3, 0.4) is 0 Å². The first-order valence-corrected chi connectivity index (χ1v) is 8.18. The number of nitrogens with zero attached hydrogens (tertiary/aromatic N) is 2. The highest BCUT2D eigenvalue weighted by atomic mass is 35.5. The number of aryl methyl sites for hydroxylation is 1. The van der Waals surface area contributed by atoms with Gasteiger partial charge < -0.3 is 10.6 Å². The van der Waals surface area contributed by atoms with Crippen LogP contribution in [0.2, 0.25) is 5.02 Å². The number of nitrogens with one attached hydrogen (secondary N) is 2. The molecule has 1 heterocycles. The lowest BCUT2D eigenvalue weighted by Gasteiger charge is -2.08. The lowest BCUT2D eigenvalue weighted by Crippen LogP contribution is -2.15. The van der Waals surface area contributed by atoms with E-state index in [2.05, 4.69) is 20.8 Å². The molecule has 0 radical (unpaired) electrons. The summed E-state index contributed by atoms with van der Waals surface area (Å²) in [7, 11) is 0. The number of anilines is 3. The molecule has 0 saturated carbocycles. The van der Waals surface area contributed by atoms with Gasteiger partial charge in [-0.3, -0.25) is 4.79 Å². The zero-order valence-electron chi connectivity index (χ0n) is 13.7. The van der Waals surface area contributed by atoms with Crippen LogP contribution in [0.15, 0.2) is 60.7 Å². The standard InChI is InChI=1S/C19H17ClN4O/c1-13-5-4-6-14(11-13)12-19(25)22-18-10-9-17(23-24-18)21-16-8-3-2-7-15(16)20/h2-11H,12H2,1H3,(H,21,23)(H,22,24,25). The number of para-hydroxylation sites is 1. The number of benzene rings is 2.